The fraction of sp³-hybridized carbons (Fsp3) is 0.500. The summed E-state index contributed by atoms with van der Waals surface area (Å²) in [6.07, 6.45) is 1.55. The number of nitrogens with one attached hydrogen (secondary N) is 1. The SMILES string of the molecule is COCCNC(=O)CN(C)c1ccnc(N)n1. The van der Waals surface area contributed by atoms with Crippen LogP contribution < -0.4 is 16.0 Å². The molecule has 0 fully saturated rings. The lowest BCUT2D eigenvalue weighted by molar-refractivity contribution is -0.119. The molecule has 0 unspecified atom stereocenters. The van der Waals surface area contributed by atoms with Crippen LogP contribution in [0.25, 0.3) is 0 Å². The summed E-state index contributed by atoms with van der Waals surface area (Å²) in [5, 5.41) is 2.72. The van der Waals surface area contributed by atoms with Crippen molar-refractivity contribution in [3.63, 3.8) is 0 Å². The van der Waals surface area contributed by atoms with Crippen LogP contribution in [-0.2, 0) is 9.53 Å². The van der Waals surface area contributed by atoms with Gasteiger partial charge in [-0.1, -0.05) is 0 Å². The van der Waals surface area contributed by atoms with Crippen molar-refractivity contribution in [2.24, 2.45) is 0 Å². The minimum Gasteiger partial charge on any atom is -0.383 e. The van der Waals surface area contributed by atoms with Crippen molar-refractivity contribution in [1.29, 1.82) is 0 Å². The molecule has 0 aromatic carbocycles. The van der Waals surface area contributed by atoms with Gasteiger partial charge in [0.25, 0.3) is 0 Å². The number of hydrogen-bond donors (Lipinski definition) is 2. The molecular weight excluding hydrogens is 222 g/mol. The van der Waals surface area contributed by atoms with Gasteiger partial charge < -0.3 is 20.7 Å². The van der Waals surface area contributed by atoms with E-state index in [1.807, 2.05) is 0 Å². The van der Waals surface area contributed by atoms with Gasteiger partial charge in [0.2, 0.25) is 11.9 Å². The molecule has 1 rings (SSSR count). The van der Waals surface area contributed by atoms with Gasteiger partial charge in [-0.05, 0) is 6.07 Å². The third-order valence-corrected chi connectivity index (χ3v) is 2.06. The number of hydrogen-bond acceptors (Lipinski definition) is 6. The summed E-state index contributed by atoms with van der Waals surface area (Å²) in [6.45, 7) is 1.20. The van der Waals surface area contributed by atoms with E-state index >= 15 is 0 Å². The summed E-state index contributed by atoms with van der Waals surface area (Å²) in [5.74, 6) is 0.704. The Kier molecular flexibility index (Phi) is 5.15. The molecule has 0 atom stereocenters. The lowest BCUT2D eigenvalue weighted by Gasteiger charge is -2.17. The van der Waals surface area contributed by atoms with E-state index < -0.39 is 0 Å². The van der Waals surface area contributed by atoms with Crippen LogP contribution in [0.2, 0.25) is 0 Å². The highest BCUT2D eigenvalue weighted by molar-refractivity contribution is 5.80. The first-order chi connectivity index (χ1) is 8.13. The van der Waals surface area contributed by atoms with Gasteiger partial charge in [-0.15, -0.1) is 0 Å². The van der Waals surface area contributed by atoms with Crippen molar-refractivity contribution in [3.8, 4) is 0 Å². The molecule has 17 heavy (non-hydrogen) atoms. The standard InChI is InChI=1S/C10H17N5O2/c1-15(7-9(16)12-5-6-17-2)8-3-4-13-10(11)14-8/h3-4H,5-7H2,1-2H3,(H,12,16)(H2,11,13,14). The largest absolute Gasteiger partial charge is 0.383 e. The van der Waals surface area contributed by atoms with E-state index in [-0.39, 0.29) is 18.4 Å². The van der Waals surface area contributed by atoms with E-state index in [9.17, 15) is 4.79 Å². The number of methoxy groups -OCH3 is 1. The average molecular weight is 239 g/mol. The fourth-order valence-electron chi connectivity index (χ4n) is 1.22. The Balaban J connectivity index is 2.43. The zero-order valence-corrected chi connectivity index (χ0v) is 10.0. The maximum Gasteiger partial charge on any atom is 0.239 e. The van der Waals surface area contributed by atoms with Gasteiger partial charge in [-0.2, -0.15) is 4.98 Å². The summed E-state index contributed by atoms with van der Waals surface area (Å²) in [6, 6.07) is 1.69. The average Bonchev–Trinajstić information content (AvgIpc) is 2.29. The summed E-state index contributed by atoms with van der Waals surface area (Å²) in [5.41, 5.74) is 5.46. The van der Waals surface area contributed by atoms with Gasteiger partial charge in [-0.3, -0.25) is 4.79 Å². The van der Waals surface area contributed by atoms with Crippen LogP contribution in [0.1, 0.15) is 0 Å². The van der Waals surface area contributed by atoms with Gasteiger partial charge in [0.1, 0.15) is 5.82 Å². The van der Waals surface area contributed by atoms with E-state index in [0.717, 1.165) is 0 Å². The van der Waals surface area contributed by atoms with Crippen molar-refractivity contribution in [1.82, 2.24) is 15.3 Å². The predicted molar refractivity (Wildman–Crippen MR) is 64.6 cm³/mol. The summed E-state index contributed by atoms with van der Waals surface area (Å²) < 4.78 is 4.83. The zero-order valence-electron chi connectivity index (χ0n) is 10.0. The van der Waals surface area contributed by atoms with Gasteiger partial charge in [0.15, 0.2) is 0 Å². The Hall–Kier alpha value is -1.89. The van der Waals surface area contributed by atoms with Gasteiger partial charge in [-0.25, -0.2) is 4.98 Å². The van der Waals surface area contributed by atoms with Crippen molar-refractivity contribution < 1.29 is 9.53 Å². The van der Waals surface area contributed by atoms with E-state index in [1.165, 1.54) is 0 Å². The van der Waals surface area contributed by atoms with Crippen molar-refractivity contribution >= 4 is 17.7 Å². The lowest BCUT2D eigenvalue weighted by Crippen LogP contribution is -2.37. The molecule has 0 spiro atoms. The highest BCUT2D eigenvalue weighted by Crippen LogP contribution is 2.07. The van der Waals surface area contributed by atoms with E-state index in [0.29, 0.717) is 19.0 Å². The second-order valence-electron chi connectivity index (χ2n) is 3.47. The molecule has 0 aliphatic heterocycles. The molecule has 1 aromatic heterocycles. The van der Waals surface area contributed by atoms with Crippen molar-refractivity contribution in [2.75, 3.05) is 44.5 Å². The Morgan fingerprint density at radius 3 is 3.06 bits per heavy atom. The minimum absolute atomic E-state index is 0.0956. The number of ether oxygens (including phenoxy) is 1. The van der Waals surface area contributed by atoms with E-state index in [2.05, 4.69) is 15.3 Å². The fourth-order valence-corrected chi connectivity index (χ4v) is 1.22. The molecule has 1 amide bonds. The van der Waals surface area contributed by atoms with Crippen LogP contribution in [0.3, 0.4) is 0 Å². The number of carbonyl (C=O) groups is 1. The van der Waals surface area contributed by atoms with Crippen molar-refractivity contribution in [3.05, 3.63) is 12.3 Å². The molecule has 3 N–H and O–H groups in total. The Morgan fingerprint density at radius 1 is 1.65 bits per heavy atom. The molecule has 0 saturated heterocycles. The number of aromatic nitrogens is 2. The Bertz CT molecular complexity index is 371. The zero-order chi connectivity index (χ0) is 12.7. The Morgan fingerprint density at radius 2 is 2.41 bits per heavy atom. The highest BCUT2D eigenvalue weighted by atomic mass is 16.5. The molecule has 7 heteroatoms. The summed E-state index contributed by atoms with van der Waals surface area (Å²) in [7, 11) is 3.35. The second-order valence-corrected chi connectivity index (χ2v) is 3.47. The number of carbonyl (C=O) groups excluding carboxylic acids is 1. The van der Waals surface area contributed by atoms with Gasteiger partial charge >= 0.3 is 0 Å². The lowest BCUT2D eigenvalue weighted by atomic mass is 10.4. The first-order valence-electron chi connectivity index (χ1n) is 5.18. The van der Waals surface area contributed by atoms with Gasteiger partial charge in [0.05, 0.1) is 13.2 Å². The van der Waals surface area contributed by atoms with Crippen LogP contribution in [-0.4, -0.2) is 49.7 Å². The Labute approximate surface area is 100.0 Å². The first kappa shape index (κ1) is 13.2. The molecule has 94 valence electrons. The third kappa shape index (κ3) is 4.64. The van der Waals surface area contributed by atoms with E-state index in [1.54, 1.807) is 31.3 Å². The molecule has 0 bridgehead atoms. The molecule has 1 heterocycles. The summed E-state index contributed by atoms with van der Waals surface area (Å²) >= 11 is 0. The monoisotopic (exact) mass is 239 g/mol. The number of rotatable bonds is 6. The quantitative estimate of drug-likeness (QED) is 0.635. The van der Waals surface area contributed by atoms with Gasteiger partial charge in [0, 0.05) is 26.9 Å². The third-order valence-electron chi connectivity index (χ3n) is 2.06. The van der Waals surface area contributed by atoms with Crippen LogP contribution in [0, 0.1) is 0 Å². The van der Waals surface area contributed by atoms with Crippen molar-refractivity contribution in [2.45, 2.75) is 0 Å². The van der Waals surface area contributed by atoms with Crippen LogP contribution in [0.15, 0.2) is 12.3 Å². The highest BCUT2D eigenvalue weighted by Gasteiger charge is 2.08. The van der Waals surface area contributed by atoms with Crippen LogP contribution >= 0.6 is 0 Å². The maximum atomic E-state index is 11.5. The molecule has 7 nitrogen and oxygen atoms in total. The molecule has 0 aliphatic carbocycles. The first-order valence-corrected chi connectivity index (χ1v) is 5.18. The number of likely N-dealkylation sites (N-methyl/N-ethyl adjacent to an activating group) is 1. The molecule has 0 aliphatic rings. The maximum absolute atomic E-state index is 11.5. The number of nitrogens with zero attached hydrogens (tertiary/aromatic N) is 3. The normalized spacial score (nSPS) is 10.0. The number of anilines is 2. The predicted octanol–water partition coefficient (Wildman–Crippen LogP) is -0.742. The molecular formula is C10H17N5O2. The molecule has 0 radical (unpaired) electrons. The van der Waals surface area contributed by atoms with E-state index in [4.69, 9.17) is 10.5 Å². The topological polar surface area (TPSA) is 93.4 Å². The minimum atomic E-state index is -0.0956. The van der Waals surface area contributed by atoms with Crippen LogP contribution in [0.5, 0.6) is 0 Å². The second kappa shape index (κ2) is 6.64. The summed E-state index contributed by atoms with van der Waals surface area (Å²) in [4.78, 5) is 21.0. The molecule has 0 saturated carbocycles. The smallest absolute Gasteiger partial charge is 0.239 e. The number of nitrogen functional groups attached to an aromatic ring is 1. The van der Waals surface area contributed by atoms with Crippen LogP contribution in [0.4, 0.5) is 11.8 Å². The molecule has 1 aromatic rings. The number of amides is 1. The number of nitrogens with two attached hydrogens (primary N) is 1.